The molecule has 0 atom stereocenters. The third kappa shape index (κ3) is 6.78. The number of hydrogen-bond acceptors (Lipinski definition) is 4. The van der Waals surface area contributed by atoms with Gasteiger partial charge in [-0.25, -0.2) is 12.8 Å². The fourth-order valence-corrected chi connectivity index (χ4v) is 3.50. The number of aryl methyl sites for hydroxylation is 1. The number of sulfonamides is 1. The van der Waals surface area contributed by atoms with Crippen LogP contribution in [0.2, 0.25) is 0 Å². The van der Waals surface area contributed by atoms with Crippen LogP contribution in [0.1, 0.15) is 29.3 Å². The lowest BCUT2D eigenvalue weighted by atomic mass is 10.2. The zero-order valence-corrected chi connectivity index (χ0v) is 17.4. The molecule has 28 heavy (non-hydrogen) atoms. The molecule has 0 bridgehead atoms. The minimum atomic E-state index is -3.83. The van der Waals surface area contributed by atoms with Gasteiger partial charge in [-0.15, -0.1) is 12.4 Å². The molecule has 0 aliphatic heterocycles. The van der Waals surface area contributed by atoms with Gasteiger partial charge in [0.1, 0.15) is 5.82 Å². The topological polar surface area (TPSA) is 87.3 Å². The molecule has 0 radical (unpaired) electrons. The number of benzene rings is 2. The highest BCUT2D eigenvalue weighted by Crippen LogP contribution is 2.19. The Morgan fingerprint density at radius 3 is 2.32 bits per heavy atom. The van der Waals surface area contributed by atoms with Crippen LogP contribution in [0.4, 0.5) is 10.1 Å². The molecule has 0 fully saturated rings. The van der Waals surface area contributed by atoms with Crippen molar-refractivity contribution in [3.8, 4) is 0 Å². The van der Waals surface area contributed by atoms with Crippen molar-refractivity contribution < 1.29 is 17.6 Å². The number of halogens is 2. The average molecular weight is 430 g/mol. The summed E-state index contributed by atoms with van der Waals surface area (Å²) in [5.41, 5.74) is 1.00. The van der Waals surface area contributed by atoms with Gasteiger partial charge in [0.05, 0.1) is 4.90 Å². The van der Waals surface area contributed by atoms with E-state index in [0.717, 1.165) is 19.0 Å². The van der Waals surface area contributed by atoms with Crippen molar-refractivity contribution in [1.29, 1.82) is 0 Å². The summed E-state index contributed by atoms with van der Waals surface area (Å²) in [4.78, 5) is 12.0. The van der Waals surface area contributed by atoms with Crippen LogP contribution in [0.25, 0.3) is 0 Å². The van der Waals surface area contributed by atoms with Gasteiger partial charge in [-0.1, -0.05) is 6.92 Å². The van der Waals surface area contributed by atoms with Crippen molar-refractivity contribution in [2.45, 2.75) is 25.2 Å². The first kappa shape index (κ1) is 23.9. The molecule has 0 aromatic heterocycles. The van der Waals surface area contributed by atoms with E-state index >= 15 is 0 Å². The maximum Gasteiger partial charge on any atom is 0.261 e. The Morgan fingerprint density at radius 2 is 1.71 bits per heavy atom. The smallest absolute Gasteiger partial charge is 0.261 e. The van der Waals surface area contributed by atoms with E-state index in [1.165, 1.54) is 31.2 Å². The predicted octanol–water partition coefficient (Wildman–Crippen LogP) is 3.09. The normalized spacial score (nSPS) is 10.8. The number of carbonyl (C=O) groups is 1. The second-order valence-corrected chi connectivity index (χ2v) is 7.78. The summed E-state index contributed by atoms with van der Waals surface area (Å²) in [7, 11) is -3.83. The van der Waals surface area contributed by atoms with E-state index in [-0.39, 0.29) is 28.8 Å². The van der Waals surface area contributed by atoms with Crippen molar-refractivity contribution >= 4 is 34.0 Å². The van der Waals surface area contributed by atoms with Crippen LogP contribution in [0.15, 0.2) is 47.4 Å². The van der Waals surface area contributed by atoms with E-state index in [2.05, 4.69) is 22.3 Å². The zero-order valence-electron chi connectivity index (χ0n) is 15.8. The summed E-state index contributed by atoms with van der Waals surface area (Å²) in [5.74, 6) is -0.689. The fourth-order valence-electron chi connectivity index (χ4n) is 2.36. The van der Waals surface area contributed by atoms with Crippen LogP contribution in [-0.2, 0) is 10.0 Å². The summed E-state index contributed by atoms with van der Waals surface area (Å²) in [6.07, 6.45) is 1.03. The van der Waals surface area contributed by atoms with Gasteiger partial charge in [-0.2, -0.15) is 0 Å². The van der Waals surface area contributed by atoms with Crippen LogP contribution in [0.5, 0.6) is 0 Å². The summed E-state index contributed by atoms with van der Waals surface area (Å²) < 4.78 is 40.5. The SMILES string of the molecule is CCCNCCNC(=O)c1ccc(NS(=O)(=O)c2ccc(F)c(C)c2)cc1.Cl. The molecule has 9 heteroatoms. The fraction of sp³-hybridized carbons (Fsp3) is 0.316. The summed E-state index contributed by atoms with van der Waals surface area (Å²) in [6.45, 7) is 5.67. The van der Waals surface area contributed by atoms with Crippen molar-refractivity contribution in [2.24, 2.45) is 0 Å². The number of carbonyl (C=O) groups excluding carboxylic acids is 1. The Labute approximate surface area is 171 Å². The van der Waals surface area contributed by atoms with E-state index in [4.69, 9.17) is 0 Å². The number of rotatable bonds is 9. The highest BCUT2D eigenvalue weighted by molar-refractivity contribution is 7.92. The molecule has 0 aliphatic rings. The second-order valence-electron chi connectivity index (χ2n) is 6.10. The van der Waals surface area contributed by atoms with Gasteiger partial charge in [-0.3, -0.25) is 9.52 Å². The molecule has 0 unspecified atom stereocenters. The number of nitrogens with one attached hydrogen (secondary N) is 3. The van der Waals surface area contributed by atoms with E-state index in [1.807, 2.05) is 0 Å². The van der Waals surface area contributed by atoms with Crippen LogP contribution in [-0.4, -0.2) is 34.0 Å². The molecule has 3 N–H and O–H groups in total. The molecule has 2 rings (SSSR count). The average Bonchev–Trinajstić information content (AvgIpc) is 2.64. The first-order valence-corrected chi connectivity index (χ1v) is 10.2. The minimum absolute atomic E-state index is 0. The third-order valence-electron chi connectivity index (χ3n) is 3.85. The van der Waals surface area contributed by atoms with Crippen LogP contribution < -0.4 is 15.4 Å². The summed E-state index contributed by atoms with van der Waals surface area (Å²) in [6, 6.07) is 9.71. The van der Waals surface area contributed by atoms with E-state index in [0.29, 0.717) is 24.3 Å². The van der Waals surface area contributed by atoms with Crippen molar-refractivity contribution in [1.82, 2.24) is 10.6 Å². The molecule has 0 aliphatic carbocycles. The third-order valence-corrected chi connectivity index (χ3v) is 5.23. The Morgan fingerprint density at radius 1 is 1.04 bits per heavy atom. The zero-order chi connectivity index (χ0) is 19.9. The first-order chi connectivity index (χ1) is 12.8. The molecule has 2 aromatic carbocycles. The van der Waals surface area contributed by atoms with Crippen molar-refractivity contribution in [3.63, 3.8) is 0 Å². The van der Waals surface area contributed by atoms with Crippen molar-refractivity contribution in [2.75, 3.05) is 24.4 Å². The lowest BCUT2D eigenvalue weighted by molar-refractivity contribution is 0.0954. The highest BCUT2D eigenvalue weighted by Gasteiger charge is 2.16. The molecule has 2 aromatic rings. The second kappa shape index (κ2) is 11.0. The minimum Gasteiger partial charge on any atom is -0.351 e. The Kier molecular flexibility index (Phi) is 9.37. The van der Waals surface area contributed by atoms with E-state index < -0.39 is 15.8 Å². The monoisotopic (exact) mass is 429 g/mol. The van der Waals surface area contributed by atoms with Gasteiger partial charge < -0.3 is 10.6 Å². The Hall–Kier alpha value is -2.16. The molecule has 0 saturated heterocycles. The maximum absolute atomic E-state index is 13.3. The molecular weight excluding hydrogens is 405 g/mol. The lowest BCUT2D eigenvalue weighted by Gasteiger charge is -2.10. The molecule has 0 saturated carbocycles. The van der Waals surface area contributed by atoms with E-state index in [1.54, 1.807) is 12.1 Å². The Bertz CT molecular complexity index is 890. The lowest BCUT2D eigenvalue weighted by Crippen LogP contribution is -2.32. The summed E-state index contributed by atoms with van der Waals surface area (Å²) >= 11 is 0. The van der Waals surface area contributed by atoms with Crippen molar-refractivity contribution in [3.05, 3.63) is 59.4 Å². The molecule has 1 amide bonds. The number of anilines is 1. The van der Waals surface area contributed by atoms with E-state index in [9.17, 15) is 17.6 Å². The predicted molar refractivity (Wildman–Crippen MR) is 111 cm³/mol. The quantitative estimate of drug-likeness (QED) is 0.534. The van der Waals surface area contributed by atoms with Gasteiger partial charge in [0.2, 0.25) is 0 Å². The van der Waals surface area contributed by atoms with Gasteiger partial charge in [0, 0.05) is 24.3 Å². The molecular formula is C19H25ClFN3O3S. The molecule has 0 spiro atoms. The molecule has 154 valence electrons. The van der Waals surface area contributed by atoms with Gasteiger partial charge >= 0.3 is 0 Å². The number of amides is 1. The maximum atomic E-state index is 13.3. The van der Waals surface area contributed by atoms with Crippen LogP contribution in [0, 0.1) is 12.7 Å². The highest BCUT2D eigenvalue weighted by atomic mass is 35.5. The van der Waals surface area contributed by atoms with Gasteiger partial charge in [-0.05, 0) is 67.9 Å². The Balaban J connectivity index is 0.00000392. The number of hydrogen-bond donors (Lipinski definition) is 3. The summed E-state index contributed by atoms with van der Waals surface area (Å²) in [5, 5.41) is 5.97. The van der Waals surface area contributed by atoms with Crippen LogP contribution in [0.3, 0.4) is 0 Å². The molecule has 6 nitrogen and oxygen atoms in total. The van der Waals surface area contributed by atoms with Gasteiger partial charge in [0.25, 0.3) is 15.9 Å². The standard InChI is InChI=1S/C19H24FN3O3S.ClH/c1-3-10-21-11-12-22-19(24)15-4-6-16(7-5-15)23-27(25,26)17-8-9-18(20)14(2)13-17;/h4-9,13,21,23H,3,10-12H2,1-2H3,(H,22,24);1H. The molecule has 0 heterocycles. The van der Waals surface area contributed by atoms with Gasteiger partial charge in [0.15, 0.2) is 0 Å². The largest absolute Gasteiger partial charge is 0.351 e. The first-order valence-electron chi connectivity index (χ1n) is 8.71. The van der Waals surface area contributed by atoms with Crippen LogP contribution >= 0.6 is 12.4 Å².